The third-order valence-electron chi connectivity index (χ3n) is 5.22. The maximum atomic E-state index is 13.2. The van der Waals surface area contributed by atoms with Crippen molar-refractivity contribution in [3.8, 4) is 5.75 Å². The van der Waals surface area contributed by atoms with Crippen LogP contribution in [0.5, 0.6) is 5.75 Å². The summed E-state index contributed by atoms with van der Waals surface area (Å²) >= 11 is 0. The molecule has 1 aliphatic heterocycles. The summed E-state index contributed by atoms with van der Waals surface area (Å²) in [5, 5.41) is 10.7. The molecule has 0 aromatic heterocycles. The molecule has 7 heteroatoms. The van der Waals surface area contributed by atoms with E-state index in [0.717, 1.165) is 0 Å². The average molecular weight is 437 g/mol. The molecule has 1 N–H and O–H groups in total. The Morgan fingerprint density at radius 2 is 1.62 bits per heavy atom. The molecule has 1 unspecified atom stereocenters. The molecule has 0 saturated carbocycles. The van der Waals surface area contributed by atoms with E-state index in [1.807, 2.05) is 0 Å². The lowest BCUT2D eigenvalue weighted by Crippen LogP contribution is -2.32. The van der Waals surface area contributed by atoms with Gasteiger partial charge in [-0.25, -0.2) is 4.79 Å². The number of nitrogens with zero attached hydrogens (tertiary/aromatic N) is 1. The molecule has 1 amide bonds. The van der Waals surface area contributed by atoms with Crippen LogP contribution in [0, 0.1) is 5.41 Å². The zero-order valence-corrected chi connectivity index (χ0v) is 18.8. The summed E-state index contributed by atoms with van der Waals surface area (Å²) < 4.78 is 10.2. The van der Waals surface area contributed by atoms with Crippen molar-refractivity contribution in [1.29, 1.82) is 0 Å². The second-order valence-corrected chi connectivity index (χ2v) is 8.46. The largest absolute Gasteiger partial charge is 0.503 e. The molecule has 2 aromatic rings. The van der Waals surface area contributed by atoms with Gasteiger partial charge in [0, 0.05) is 11.1 Å². The fourth-order valence-corrected chi connectivity index (χ4v) is 3.58. The van der Waals surface area contributed by atoms with Crippen molar-refractivity contribution in [2.75, 3.05) is 18.6 Å². The Kier molecular flexibility index (Phi) is 6.39. The molecule has 0 radical (unpaired) electrons. The van der Waals surface area contributed by atoms with E-state index >= 15 is 0 Å². The lowest BCUT2D eigenvalue weighted by Gasteiger charge is -2.29. The van der Waals surface area contributed by atoms with Gasteiger partial charge in [0.25, 0.3) is 5.91 Å². The Morgan fingerprint density at radius 1 is 1.03 bits per heavy atom. The number of aliphatic hydroxyl groups is 1. The number of ether oxygens (including phenoxy) is 2. The Morgan fingerprint density at radius 3 is 2.12 bits per heavy atom. The number of Topliss-reactive ketones (excluding diaryl/α,β-unsaturated/α-hetero) is 1. The van der Waals surface area contributed by atoms with Gasteiger partial charge in [0.1, 0.15) is 5.75 Å². The lowest BCUT2D eigenvalue weighted by molar-refractivity contribution is -0.123. The number of carbonyl (C=O) groups is 3. The van der Waals surface area contributed by atoms with E-state index in [-0.39, 0.29) is 18.0 Å². The van der Waals surface area contributed by atoms with Gasteiger partial charge in [-0.05, 0) is 48.9 Å². The fraction of sp³-hybridized carbons (Fsp3) is 0.320. The van der Waals surface area contributed by atoms with Crippen LogP contribution in [0.1, 0.15) is 49.7 Å². The number of ketones is 1. The topological polar surface area (TPSA) is 93.1 Å². The molecule has 0 aliphatic carbocycles. The third kappa shape index (κ3) is 4.23. The maximum absolute atomic E-state index is 13.2. The highest BCUT2D eigenvalue weighted by atomic mass is 16.5. The van der Waals surface area contributed by atoms with Crippen molar-refractivity contribution in [3.63, 3.8) is 0 Å². The Labute approximate surface area is 187 Å². The van der Waals surface area contributed by atoms with E-state index in [9.17, 15) is 19.5 Å². The van der Waals surface area contributed by atoms with Gasteiger partial charge >= 0.3 is 5.97 Å². The van der Waals surface area contributed by atoms with Gasteiger partial charge in [-0.1, -0.05) is 32.9 Å². The molecule has 0 spiro atoms. The van der Waals surface area contributed by atoms with Crippen LogP contribution in [-0.2, 0) is 14.3 Å². The number of amides is 1. The van der Waals surface area contributed by atoms with Gasteiger partial charge in [0.2, 0.25) is 0 Å². The van der Waals surface area contributed by atoms with Crippen LogP contribution in [0.15, 0.2) is 59.9 Å². The minimum atomic E-state index is -0.825. The molecule has 0 bridgehead atoms. The summed E-state index contributed by atoms with van der Waals surface area (Å²) in [5.41, 5.74) is 0.656. The molecule has 0 saturated heterocycles. The second-order valence-electron chi connectivity index (χ2n) is 8.46. The first-order valence-electron chi connectivity index (χ1n) is 10.3. The van der Waals surface area contributed by atoms with Crippen molar-refractivity contribution in [2.45, 2.75) is 33.7 Å². The molecule has 7 nitrogen and oxygen atoms in total. The molecule has 1 aliphatic rings. The number of esters is 1. The van der Waals surface area contributed by atoms with Crippen LogP contribution < -0.4 is 9.64 Å². The second kappa shape index (κ2) is 8.86. The number of methoxy groups -OCH3 is 1. The van der Waals surface area contributed by atoms with E-state index in [4.69, 9.17) is 9.47 Å². The van der Waals surface area contributed by atoms with Crippen LogP contribution in [-0.4, -0.2) is 36.5 Å². The van der Waals surface area contributed by atoms with Crippen LogP contribution in [0.2, 0.25) is 0 Å². The van der Waals surface area contributed by atoms with Crippen LogP contribution in [0.4, 0.5) is 5.69 Å². The quantitative estimate of drug-likeness (QED) is 0.674. The van der Waals surface area contributed by atoms with E-state index in [2.05, 4.69) is 0 Å². The van der Waals surface area contributed by atoms with Gasteiger partial charge < -0.3 is 14.6 Å². The standard InChI is InChI=1S/C25H27NO6/c1-6-32-24(30)16-7-11-17(12-8-16)26-20(15-9-13-18(31-5)14-10-15)19(21(27)23(26)29)22(28)25(2,3)4/h7-14,20,27H,6H2,1-5H3. The molecule has 0 fully saturated rings. The summed E-state index contributed by atoms with van der Waals surface area (Å²) in [4.78, 5) is 39.7. The zero-order chi connectivity index (χ0) is 23.6. The van der Waals surface area contributed by atoms with E-state index < -0.39 is 29.1 Å². The SMILES string of the molecule is CCOC(=O)c1ccc(N2C(=O)C(O)=C(C(=O)C(C)(C)C)C2c2ccc(OC)cc2)cc1. The number of hydrogen-bond donors (Lipinski definition) is 1. The minimum absolute atomic E-state index is 0.0436. The maximum Gasteiger partial charge on any atom is 0.338 e. The normalized spacial score (nSPS) is 16.3. The summed E-state index contributed by atoms with van der Waals surface area (Å²) in [7, 11) is 1.55. The van der Waals surface area contributed by atoms with Crippen molar-refractivity contribution in [3.05, 3.63) is 71.0 Å². The molecule has 1 atom stereocenters. The molecule has 1 heterocycles. The van der Waals surface area contributed by atoms with Gasteiger partial charge in [-0.2, -0.15) is 0 Å². The van der Waals surface area contributed by atoms with E-state index in [1.54, 1.807) is 83.3 Å². The minimum Gasteiger partial charge on any atom is -0.503 e. The smallest absolute Gasteiger partial charge is 0.338 e. The average Bonchev–Trinajstić information content (AvgIpc) is 3.03. The molecular formula is C25H27NO6. The molecule has 32 heavy (non-hydrogen) atoms. The molecule has 2 aromatic carbocycles. The van der Waals surface area contributed by atoms with Crippen molar-refractivity contribution < 1.29 is 29.0 Å². The highest BCUT2D eigenvalue weighted by Gasteiger charge is 2.46. The predicted molar refractivity (Wildman–Crippen MR) is 120 cm³/mol. The van der Waals surface area contributed by atoms with Crippen LogP contribution >= 0.6 is 0 Å². The number of rotatable bonds is 6. The highest BCUT2D eigenvalue weighted by molar-refractivity contribution is 6.17. The first kappa shape index (κ1) is 23.1. The summed E-state index contributed by atoms with van der Waals surface area (Å²) in [6.07, 6.45) is 0. The van der Waals surface area contributed by atoms with Gasteiger partial charge in [-0.15, -0.1) is 0 Å². The Balaban J connectivity index is 2.10. The van der Waals surface area contributed by atoms with Gasteiger partial charge in [0.05, 0.1) is 30.9 Å². The molecular weight excluding hydrogens is 410 g/mol. The Hall–Kier alpha value is -3.61. The zero-order valence-electron chi connectivity index (χ0n) is 18.8. The summed E-state index contributed by atoms with van der Waals surface area (Å²) in [6, 6.07) is 12.4. The Bertz CT molecular complexity index is 1060. The van der Waals surface area contributed by atoms with Gasteiger partial charge in [-0.3, -0.25) is 14.5 Å². The van der Waals surface area contributed by atoms with Crippen molar-refractivity contribution >= 4 is 23.3 Å². The van der Waals surface area contributed by atoms with Gasteiger partial charge in [0.15, 0.2) is 11.5 Å². The van der Waals surface area contributed by atoms with Crippen molar-refractivity contribution in [2.24, 2.45) is 5.41 Å². The monoisotopic (exact) mass is 437 g/mol. The van der Waals surface area contributed by atoms with Crippen LogP contribution in [0.25, 0.3) is 0 Å². The first-order valence-corrected chi connectivity index (χ1v) is 10.3. The number of carbonyl (C=O) groups excluding carboxylic acids is 3. The van der Waals surface area contributed by atoms with E-state index in [0.29, 0.717) is 22.6 Å². The van der Waals surface area contributed by atoms with Crippen LogP contribution in [0.3, 0.4) is 0 Å². The summed E-state index contributed by atoms with van der Waals surface area (Å²) in [5.74, 6) is -1.42. The predicted octanol–water partition coefficient (Wildman–Crippen LogP) is 4.39. The number of benzene rings is 2. The lowest BCUT2D eigenvalue weighted by atomic mass is 9.82. The first-order chi connectivity index (χ1) is 15.1. The number of anilines is 1. The summed E-state index contributed by atoms with van der Waals surface area (Å²) in [6.45, 7) is 7.18. The third-order valence-corrected chi connectivity index (χ3v) is 5.22. The molecule has 3 rings (SSSR count). The molecule has 168 valence electrons. The number of aliphatic hydroxyl groups excluding tert-OH is 1. The number of hydrogen-bond acceptors (Lipinski definition) is 6. The van der Waals surface area contributed by atoms with E-state index in [1.165, 1.54) is 4.90 Å². The van der Waals surface area contributed by atoms with Crippen molar-refractivity contribution in [1.82, 2.24) is 0 Å². The fourth-order valence-electron chi connectivity index (χ4n) is 3.58. The highest BCUT2D eigenvalue weighted by Crippen LogP contribution is 2.43.